The molecule has 33 heavy (non-hydrogen) atoms. The van der Waals surface area contributed by atoms with Gasteiger partial charge in [-0.3, -0.25) is 9.59 Å². The molecular weight excluding hydrogens is 414 g/mol. The molecule has 7 heteroatoms. The monoisotopic (exact) mass is 451 g/mol. The lowest BCUT2D eigenvalue weighted by molar-refractivity contribution is -0.140. The Labute approximate surface area is 196 Å². The number of pyridine rings is 1. The molecule has 178 valence electrons. The van der Waals surface area contributed by atoms with Gasteiger partial charge in [0.1, 0.15) is 11.9 Å². The summed E-state index contributed by atoms with van der Waals surface area (Å²) < 4.78 is 0. The van der Waals surface area contributed by atoms with Crippen molar-refractivity contribution < 1.29 is 9.59 Å². The lowest BCUT2D eigenvalue weighted by Gasteiger charge is -2.31. The van der Waals surface area contributed by atoms with Crippen LogP contribution in [0.2, 0.25) is 0 Å². The van der Waals surface area contributed by atoms with Gasteiger partial charge in [-0.15, -0.1) is 0 Å². The van der Waals surface area contributed by atoms with Crippen LogP contribution in [0.1, 0.15) is 64.4 Å². The van der Waals surface area contributed by atoms with Gasteiger partial charge in [-0.05, 0) is 61.1 Å². The van der Waals surface area contributed by atoms with Crippen LogP contribution in [0.25, 0.3) is 10.8 Å². The van der Waals surface area contributed by atoms with Crippen LogP contribution < -0.4 is 16.4 Å². The van der Waals surface area contributed by atoms with E-state index in [0.29, 0.717) is 30.9 Å². The minimum absolute atomic E-state index is 0.0700. The number of rotatable bonds is 8. The first-order valence-electron chi connectivity index (χ1n) is 12.4. The van der Waals surface area contributed by atoms with E-state index in [0.717, 1.165) is 48.4 Å². The number of likely N-dealkylation sites (tertiary alicyclic amines) is 1. The SMILES string of the molecule is CC(C)C[C@@H](NC1CCCC1)C(=O)N1CCC[C@H]1C(=O)NCc1ccc2c(N)nccc2c1. The van der Waals surface area contributed by atoms with Crippen LogP contribution in [-0.2, 0) is 16.1 Å². The van der Waals surface area contributed by atoms with Gasteiger partial charge in [-0.25, -0.2) is 4.98 Å². The maximum atomic E-state index is 13.5. The molecule has 4 rings (SSSR count). The Balaban J connectivity index is 1.39. The molecule has 2 amide bonds. The van der Waals surface area contributed by atoms with E-state index in [9.17, 15) is 9.59 Å². The van der Waals surface area contributed by atoms with Crippen molar-refractivity contribution in [1.29, 1.82) is 0 Å². The van der Waals surface area contributed by atoms with Crippen molar-refractivity contribution in [3.8, 4) is 0 Å². The van der Waals surface area contributed by atoms with Crippen LogP contribution in [0, 0.1) is 5.92 Å². The standard InChI is InChI=1S/C26H37N5O2/c1-17(2)14-22(30-20-6-3-4-7-20)26(33)31-13-5-8-23(31)25(32)29-16-18-9-10-21-19(15-18)11-12-28-24(21)27/h9-12,15,17,20,22-23,30H,3-8,13-14,16H2,1-2H3,(H2,27,28)(H,29,32)/t22-,23+/m1/s1. The van der Waals surface area contributed by atoms with E-state index in [1.165, 1.54) is 12.8 Å². The molecule has 1 saturated heterocycles. The third-order valence-electron chi connectivity index (χ3n) is 6.96. The number of hydrogen-bond donors (Lipinski definition) is 3. The molecule has 2 fully saturated rings. The molecule has 2 aromatic rings. The number of nitrogens with zero attached hydrogens (tertiary/aromatic N) is 2. The molecule has 2 heterocycles. The van der Waals surface area contributed by atoms with Gasteiger partial charge in [0.15, 0.2) is 0 Å². The highest BCUT2D eigenvalue weighted by atomic mass is 16.2. The first-order valence-corrected chi connectivity index (χ1v) is 12.4. The summed E-state index contributed by atoms with van der Waals surface area (Å²) in [6, 6.07) is 7.66. The van der Waals surface area contributed by atoms with E-state index < -0.39 is 6.04 Å². The van der Waals surface area contributed by atoms with E-state index in [2.05, 4.69) is 29.5 Å². The van der Waals surface area contributed by atoms with E-state index in [-0.39, 0.29) is 17.9 Å². The molecule has 0 radical (unpaired) electrons. The molecule has 1 aliphatic carbocycles. The second kappa shape index (κ2) is 10.5. The van der Waals surface area contributed by atoms with Crippen molar-refractivity contribution in [3.05, 3.63) is 36.0 Å². The molecule has 1 aromatic carbocycles. The van der Waals surface area contributed by atoms with Crippen molar-refractivity contribution in [3.63, 3.8) is 0 Å². The van der Waals surface area contributed by atoms with Crippen LogP contribution in [0.3, 0.4) is 0 Å². The fourth-order valence-corrected chi connectivity index (χ4v) is 5.26. The van der Waals surface area contributed by atoms with E-state index in [1.807, 2.05) is 29.2 Å². The summed E-state index contributed by atoms with van der Waals surface area (Å²) in [6.45, 7) is 5.38. The predicted octanol–water partition coefficient (Wildman–Crippen LogP) is 3.37. The van der Waals surface area contributed by atoms with Gasteiger partial charge < -0.3 is 21.3 Å². The van der Waals surface area contributed by atoms with Crippen molar-refractivity contribution in [2.24, 2.45) is 5.92 Å². The number of carbonyl (C=O) groups is 2. The topological polar surface area (TPSA) is 100 Å². The molecule has 7 nitrogen and oxygen atoms in total. The molecule has 1 aromatic heterocycles. The van der Waals surface area contributed by atoms with Crippen LogP contribution in [0.5, 0.6) is 0 Å². The smallest absolute Gasteiger partial charge is 0.243 e. The zero-order valence-electron chi connectivity index (χ0n) is 19.8. The summed E-state index contributed by atoms with van der Waals surface area (Å²) in [4.78, 5) is 32.5. The third kappa shape index (κ3) is 5.64. The Kier molecular flexibility index (Phi) is 7.48. The number of nitrogens with one attached hydrogen (secondary N) is 2. The summed E-state index contributed by atoms with van der Waals surface area (Å²) in [5.74, 6) is 0.937. The Morgan fingerprint density at radius 1 is 1.15 bits per heavy atom. The molecule has 0 bridgehead atoms. The largest absolute Gasteiger partial charge is 0.383 e. The Hall–Kier alpha value is -2.67. The lowest BCUT2D eigenvalue weighted by Crippen LogP contribution is -2.54. The van der Waals surface area contributed by atoms with Crippen LogP contribution in [0.15, 0.2) is 30.5 Å². The zero-order chi connectivity index (χ0) is 23.4. The van der Waals surface area contributed by atoms with Gasteiger partial charge in [-0.2, -0.15) is 0 Å². The van der Waals surface area contributed by atoms with Crippen molar-refractivity contribution in [1.82, 2.24) is 20.5 Å². The highest BCUT2D eigenvalue weighted by Crippen LogP contribution is 2.24. The van der Waals surface area contributed by atoms with Crippen molar-refractivity contribution in [2.45, 2.75) is 83.5 Å². The molecule has 4 N–H and O–H groups in total. The highest BCUT2D eigenvalue weighted by molar-refractivity contribution is 5.92. The van der Waals surface area contributed by atoms with Gasteiger partial charge >= 0.3 is 0 Å². The quantitative estimate of drug-likeness (QED) is 0.571. The Morgan fingerprint density at radius 2 is 1.94 bits per heavy atom. The summed E-state index contributed by atoms with van der Waals surface area (Å²) in [5, 5.41) is 8.59. The fraction of sp³-hybridized carbons (Fsp3) is 0.577. The minimum Gasteiger partial charge on any atom is -0.383 e. The van der Waals surface area contributed by atoms with E-state index in [1.54, 1.807) is 6.20 Å². The maximum Gasteiger partial charge on any atom is 0.243 e. The first kappa shape index (κ1) is 23.5. The third-order valence-corrected chi connectivity index (χ3v) is 6.96. The second-order valence-corrected chi connectivity index (χ2v) is 9.99. The molecule has 0 spiro atoms. The average Bonchev–Trinajstić information content (AvgIpc) is 3.48. The summed E-state index contributed by atoms with van der Waals surface area (Å²) in [5.41, 5.74) is 6.94. The number of amides is 2. The average molecular weight is 452 g/mol. The van der Waals surface area contributed by atoms with Gasteiger partial charge in [0.25, 0.3) is 0 Å². The van der Waals surface area contributed by atoms with Crippen LogP contribution in [-0.4, -0.2) is 46.4 Å². The molecule has 2 atom stereocenters. The zero-order valence-corrected chi connectivity index (χ0v) is 19.8. The number of hydrogen-bond acceptors (Lipinski definition) is 5. The van der Waals surface area contributed by atoms with Crippen LogP contribution >= 0.6 is 0 Å². The maximum absolute atomic E-state index is 13.5. The summed E-state index contributed by atoms with van der Waals surface area (Å²) in [7, 11) is 0. The van der Waals surface area contributed by atoms with Gasteiger partial charge in [-0.1, -0.05) is 38.8 Å². The van der Waals surface area contributed by atoms with Crippen molar-refractivity contribution >= 4 is 28.4 Å². The van der Waals surface area contributed by atoms with E-state index >= 15 is 0 Å². The molecule has 1 saturated carbocycles. The van der Waals surface area contributed by atoms with Gasteiger partial charge in [0, 0.05) is 30.7 Å². The first-order chi connectivity index (χ1) is 15.9. The number of nitrogens with two attached hydrogens (primary N) is 1. The molecule has 2 aliphatic rings. The minimum atomic E-state index is -0.391. The molecular formula is C26H37N5O2. The highest BCUT2D eigenvalue weighted by Gasteiger charge is 2.38. The summed E-state index contributed by atoms with van der Waals surface area (Å²) in [6.07, 6.45) is 8.81. The molecule has 1 aliphatic heterocycles. The lowest BCUT2D eigenvalue weighted by atomic mass is 10.0. The Morgan fingerprint density at radius 3 is 2.70 bits per heavy atom. The number of benzene rings is 1. The number of aromatic nitrogens is 1. The van der Waals surface area contributed by atoms with E-state index in [4.69, 9.17) is 5.73 Å². The van der Waals surface area contributed by atoms with Gasteiger partial charge in [0.05, 0.1) is 6.04 Å². The number of fused-ring (bicyclic) bond motifs is 1. The number of anilines is 1. The molecule has 0 unspecified atom stereocenters. The normalized spacial score (nSPS) is 20.0. The summed E-state index contributed by atoms with van der Waals surface area (Å²) >= 11 is 0. The van der Waals surface area contributed by atoms with Crippen LogP contribution in [0.4, 0.5) is 5.82 Å². The number of carbonyl (C=O) groups excluding carboxylic acids is 2. The van der Waals surface area contributed by atoms with Crippen molar-refractivity contribution in [2.75, 3.05) is 12.3 Å². The Bertz CT molecular complexity index is 986. The predicted molar refractivity (Wildman–Crippen MR) is 131 cm³/mol. The fourth-order valence-electron chi connectivity index (χ4n) is 5.26. The number of nitrogen functional groups attached to an aromatic ring is 1. The van der Waals surface area contributed by atoms with Gasteiger partial charge in [0.2, 0.25) is 11.8 Å². The second-order valence-electron chi connectivity index (χ2n) is 9.99.